The summed E-state index contributed by atoms with van der Waals surface area (Å²) in [5.41, 5.74) is 4.52. The fraction of sp³-hybridized carbons (Fsp3) is 0.677. The van der Waals surface area contributed by atoms with Crippen molar-refractivity contribution in [2.75, 3.05) is 32.7 Å². The number of aromatic nitrogens is 2. The maximum absolute atomic E-state index is 14.3. The minimum absolute atomic E-state index is 0.191. The maximum Gasteiger partial charge on any atom is 0.310 e. The molecular formula is C31H45FN4O2. The standard InChI is InChI=1S/C31H45FN4O2/c1-5-28-29(22(4)36(6-2)33-28)23-11-15-35(16-12-23)21(3)26-18-34(20-31(30(37)38)13-8-14-31)19-27(26)24-9-7-10-25(32)17-24/h7,9-10,17,21,23,26-27H,5-6,8,11-16,18-20H2,1-4H3,(H,37,38). The quantitative estimate of drug-likeness (QED) is 0.473. The lowest BCUT2D eigenvalue weighted by Gasteiger charge is -2.41. The first-order valence-electron chi connectivity index (χ1n) is 14.8. The lowest BCUT2D eigenvalue weighted by molar-refractivity contribution is -0.156. The van der Waals surface area contributed by atoms with Gasteiger partial charge < -0.3 is 14.9 Å². The van der Waals surface area contributed by atoms with Crippen LogP contribution < -0.4 is 0 Å². The Labute approximate surface area is 227 Å². The largest absolute Gasteiger partial charge is 0.481 e. The summed E-state index contributed by atoms with van der Waals surface area (Å²) in [6.45, 7) is 14.2. The summed E-state index contributed by atoms with van der Waals surface area (Å²) in [4.78, 5) is 17.1. The second-order valence-electron chi connectivity index (χ2n) is 12.1. The highest BCUT2D eigenvalue weighted by Gasteiger charge is 2.48. The molecule has 1 aliphatic carbocycles. The molecule has 3 unspecified atom stereocenters. The van der Waals surface area contributed by atoms with E-state index in [9.17, 15) is 14.3 Å². The molecule has 3 heterocycles. The van der Waals surface area contributed by atoms with E-state index in [-0.39, 0.29) is 11.7 Å². The van der Waals surface area contributed by atoms with Gasteiger partial charge in [0.05, 0.1) is 11.1 Å². The molecule has 38 heavy (non-hydrogen) atoms. The number of carboxylic acid groups (broad SMARTS) is 1. The minimum atomic E-state index is -0.655. The Morgan fingerprint density at radius 3 is 2.53 bits per heavy atom. The van der Waals surface area contributed by atoms with Crippen LogP contribution in [0, 0.1) is 24.1 Å². The van der Waals surface area contributed by atoms with E-state index in [1.807, 2.05) is 6.07 Å². The van der Waals surface area contributed by atoms with Crippen molar-refractivity contribution in [1.29, 1.82) is 0 Å². The Bertz CT molecular complexity index is 1130. The number of likely N-dealkylation sites (tertiary alicyclic amines) is 2. The predicted octanol–water partition coefficient (Wildman–Crippen LogP) is 5.45. The van der Waals surface area contributed by atoms with Crippen LogP contribution in [0.3, 0.4) is 0 Å². The normalized spacial score (nSPS) is 25.4. The molecule has 0 bridgehead atoms. The molecule has 6 nitrogen and oxygen atoms in total. The predicted molar refractivity (Wildman–Crippen MR) is 148 cm³/mol. The monoisotopic (exact) mass is 524 g/mol. The number of nitrogens with zero attached hydrogens (tertiary/aromatic N) is 4. The van der Waals surface area contributed by atoms with Gasteiger partial charge in [-0.2, -0.15) is 5.10 Å². The van der Waals surface area contributed by atoms with Crippen LogP contribution in [0.5, 0.6) is 0 Å². The topological polar surface area (TPSA) is 61.6 Å². The summed E-state index contributed by atoms with van der Waals surface area (Å²) in [5.74, 6) is 0.264. The van der Waals surface area contributed by atoms with E-state index in [4.69, 9.17) is 5.10 Å². The first-order chi connectivity index (χ1) is 18.3. The molecule has 3 aliphatic rings. The summed E-state index contributed by atoms with van der Waals surface area (Å²) in [6, 6.07) is 7.42. The molecule has 5 rings (SSSR count). The van der Waals surface area contributed by atoms with E-state index in [0.29, 0.717) is 24.4 Å². The molecule has 2 aliphatic heterocycles. The second-order valence-corrected chi connectivity index (χ2v) is 12.1. The highest BCUT2D eigenvalue weighted by Crippen LogP contribution is 2.45. The number of aliphatic carboxylic acids is 1. The average molecular weight is 525 g/mol. The van der Waals surface area contributed by atoms with Crippen LogP contribution in [0.4, 0.5) is 4.39 Å². The number of carbonyl (C=O) groups is 1. The van der Waals surface area contributed by atoms with Crippen LogP contribution in [-0.2, 0) is 17.8 Å². The first-order valence-corrected chi connectivity index (χ1v) is 14.8. The Morgan fingerprint density at radius 1 is 1.21 bits per heavy atom. The van der Waals surface area contributed by atoms with E-state index in [0.717, 1.165) is 76.8 Å². The number of hydrogen-bond acceptors (Lipinski definition) is 4. The molecule has 0 radical (unpaired) electrons. The van der Waals surface area contributed by atoms with E-state index in [1.165, 1.54) is 23.0 Å². The van der Waals surface area contributed by atoms with Crippen LogP contribution in [0.2, 0.25) is 0 Å². The van der Waals surface area contributed by atoms with Gasteiger partial charge in [-0.05, 0) is 101 Å². The number of rotatable bonds is 9. The van der Waals surface area contributed by atoms with Gasteiger partial charge in [0.15, 0.2) is 0 Å². The van der Waals surface area contributed by atoms with Crippen molar-refractivity contribution >= 4 is 5.97 Å². The van der Waals surface area contributed by atoms with Crippen molar-refractivity contribution < 1.29 is 14.3 Å². The van der Waals surface area contributed by atoms with Gasteiger partial charge in [-0.25, -0.2) is 4.39 Å². The molecule has 1 saturated carbocycles. The summed E-state index contributed by atoms with van der Waals surface area (Å²) in [7, 11) is 0. The molecule has 1 aromatic heterocycles. The Morgan fingerprint density at radius 2 is 1.95 bits per heavy atom. The fourth-order valence-electron chi connectivity index (χ4n) is 7.68. The maximum atomic E-state index is 14.3. The fourth-order valence-corrected chi connectivity index (χ4v) is 7.68. The first kappa shape index (κ1) is 27.3. The van der Waals surface area contributed by atoms with Gasteiger partial charge in [0.2, 0.25) is 0 Å². The van der Waals surface area contributed by atoms with Gasteiger partial charge in [0.25, 0.3) is 0 Å². The number of carboxylic acids is 1. The molecule has 208 valence electrons. The molecule has 7 heteroatoms. The molecule has 0 amide bonds. The molecule has 1 aromatic carbocycles. The van der Waals surface area contributed by atoms with Crippen molar-refractivity contribution in [3.8, 4) is 0 Å². The third kappa shape index (κ3) is 5.04. The molecule has 2 aromatic rings. The van der Waals surface area contributed by atoms with Crippen molar-refractivity contribution in [3.63, 3.8) is 0 Å². The van der Waals surface area contributed by atoms with Crippen molar-refractivity contribution in [1.82, 2.24) is 19.6 Å². The molecule has 3 atom stereocenters. The Kier molecular flexibility index (Phi) is 7.97. The van der Waals surface area contributed by atoms with Gasteiger partial charge in [0, 0.05) is 43.8 Å². The van der Waals surface area contributed by atoms with Crippen molar-refractivity contribution in [2.45, 2.75) is 90.6 Å². The molecular weight excluding hydrogens is 479 g/mol. The SMILES string of the molecule is CCc1nn(CC)c(C)c1C1CCN(C(C)C2CN(CC3(C(=O)O)CCC3)CC2c2cccc(F)c2)CC1. The number of halogens is 1. The van der Waals surface area contributed by atoms with Crippen LogP contribution in [0.1, 0.15) is 87.2 Å². The molecule has 1 N–H and O–H groups in total. The van der Waals surface area contributed by atoms with E-state index < -0.39 is 11.4 Å². The summed E-state index contributed by atoms with van der Waals surface area (Å²) < 4.78 is 16.4. The zero-order valence-electron chi connectivity index (χ0n) is 23.6. The average Bonchev–Trinajstić information content (AvgIpc) is 3.46. The van der Waals surface area contributed by atoms with Gasteiger partial charge >= 0.3 is 5.97 Å². The smallest absolute Gasteiger partial charge is 0.310 e. The third-order valence-electron chi connectivity index (χ3n) is 10.1. The minimum Gasteiger partial charge on any atom is -0.481 e. The van der Waals surface area contributed by atoms with Gasteiger partial charge in [-0.1, -0.05) is 25.5 Å². The zero-order valence-corrected chi connectivity index (χ0v) is 23.6. The Hall–Kier alpha value is -2.25. The zero-order chi connectivity index (χ0) is 27.0. The van der Waals surface area contributed by atoms with Gasteiger partial charge in [-0.3, -0.25) is 9.48 Å². The van der Waals surface area contributed by atoms with Gasteiger partial charge in [-0.15, -0.1) is 0 Å². The van der Waals surface area contributed by atoms with Gasteiger partial charge in [0.1, 0.15) is 5.82 Å². The Balaban J connectivity index is 1.31. The second kappa shape index (κ2) is 11.1. The summed E-state index contributed by atoms with van der Waals surface area (Å²) in [5, 5.41) is 14.8. The molecule has 2 saturated heterocycles. The van der Waals surface area contributed by atoms with E-state index in [1.54, 1.807) is 6.07 Å². The van der Waals surface area contributed by atoms with Crippen LogP contribution in [0.25, 0.3) is 0 Å². The van der Waals surface area contributed by atoms with Crippen molar-refractivity contribution in [2.24, 2.45) is 11.3 Å². The van der Waals surface area contributed by atoms with E-state index >= 15 is 0 Å². The lowest BCUT2D eigenvalue weighted by atomic mass is 9.68. The third-order valence-corrected chi connectivity index (χ3v) is 10.1. The van der Waals surface area contributed by atoms with E-state index in [2.05, 4.69) is 48.2 Å². The van der Waals surface area contributed by atoms with Crippen LogP contribution in [0.15, 0.2) is 24.3 Å². The molecule has 3 fully saturated rings. The number of aryl methyl sites for hydroxylation is 2. The summed E-state index contributed by atoms with van der Waals surface area (Å²) in [6.07, 6.45) is 5.78. The van der Waals surface area contributed by atoms with Crippen molar-refractivity contribution in [3.05, 3.63) is 52.6 Å². The number of piperidine rings is 1. The lowest BCUT2D eigenvalue weighted by Crippen LogP contribution is -2.48. The number of benzene rings is 1. The highest BCUT2D eigenvalue weighted by atomic mass is 19.1. The van der Waals surface area contributed by atoms with Crippen LogP contribution >= 0.6 is 0 Å². The number of hydrogen-bond donors (Lipinski definition) is 1. The van der Waals surface area contributed by atoms with Crippen LogP contribution in [-0.4, -0.2) is 69.4 Å². The summed E-state index contributed by atoms with van der Waals surface area (Å²) >= 11 is 0. The highest BCUT2D eigenvalue weighted by molar-refractivity contribution is 5.76. The molecule has 0 spiro atoms.